The van der Waals surface area contributed by atoms with Gasteiger partial charge in [0.2, 0.25) is 0 Å². The molecule has 2 fully saturated rings. The third-order valence-electron chi connectivity index (χ3n) is 2.35. The molecule has 2 saturated heterocycles. The fourth-order valence-electron chi connectivity index (χ4n) is 1.41. The van der Waals surface area contributed by atoms with Crippen molar-refractivity contribution in [1.82, 2.24) is 5.32 Å². The van der Waals surface area contributed by atoms with Crippen molar-refractivity contribution < 1.29 is 19.4 Å². The van der Waals surface area contributed by atoms with Crippen molar-refractivity contribution in [3.63, 3.8) is 0 Å². The van der Waals surface area contributed by atoms with Crippen molar-refractivity contribution in [2.24, 2.45) is 0 Å². The highest BCUT2D eigenvalue weighted by molar-refractivity contribution is 5.83. The Morgan fingerprint density at radius 1 is 1.54 bits per heavy atom. The van der Waals surface area contributed by atoms with Crippen LogP contribution >= 0.6 is 0 Å². The number of amides is 1. The minimum atomic E-state index is -0.585. The van der Waals surface area contributed by atoms with E-state index in [4.69, 9.17) is 9.47 Å². The first-order valence-corrected chi connectivity index (χ1v) is 4.40. The highest BCUT2D eigenvalue weighted by Crippen LogP contribution is 2.21. The smallest absolute Gasteiger partial charge is 0.252 e. The van der Waals surface area contributed by atoms with E-state index in [1.54, 1.807) is 0 Å². The van der Waals surface area contributed by atoms with Crippen LogP contribution in [0.1, 0.15) is 6.92 Å². The molecule has 0 aromatic carbocycles. The Bertz CT molecular complexity index is 220. The molecule has 0 aromatic heterocycles. The van der Waals surface area contributed by atoms with Crippen LogP contribution in [-0.4, -0.2) is 48.6 Å². The summed E-state index contributed by atoms with van der Waals surface area (Å²) in [5.41, 5.74) is 0. The van der Waals surface area contributed by atoms with Crippen LogP contribution in [0.15, 0.2) is 0 Å². The normalized spacial score (nSPS) is 43.2. The summed E-state index contributed by atoms with van der Waals surface area (Å²) in [6, 6.07) is -0.274. The van der Waals surface area contributed by atoms with Gasteiger partial charge in [-0.05, 0) is 6.92 Å². The maximum Gasteiger partial charge on any atom is 0.252 e. The molecule has 5 heteroatoms. The summed E-state index contributed by atoms with van der Waals surface area (Å²) in [5, 5.41) is 12.0. The van der Waals surface area contributed by atoms with Crippen LogP contribution in [0.5, 0.6) is 0 Å². The van der Waals surface area contributed by atoms with Gasteiger partial charge in [-0.3, -0.25) is 4.79 Å². The third-order valence-corrected chi connectivity index (χ3v) is 2.35. The summed E-state index contributed by atoms with van der Waals surface area (Å²) in [5.74, 6) is -0.151. The summed E-state index contributed by atoms with van der Waals surface area (Å²) in [6.07, 6.45) is -0.898. The number of rotatable bonds is 2. The number of hydrogen-bond donors (Lipinski definition) is 2. The van der Waals surface area contributed by atoms with Crippen LogP contribution in [0, 0.1) is 0 Å². The number of aliphatic hydroxyl groups is 1. The van der Waals surface area contributed by atoms with Crippen LogP contribution in [-0.2, 0) is 14.3 Å². The van der Waals surface area contributed by atoms with Crippen molar-refractivity contribution in [3.05, 3.63) is 0 Å². The molecule has 74 valence electrons. The van der Waals surface area contributed by atoms with Crippen molar-refractivity contribution in [3.8, 4) is 0 Å². The van der Waals surface area contributed by atoms with E-state index in [9.17, 15) is 9.90 Å². The lowest BCUT2D eigenvalue weighted by molar-refractivity contribution is -0.123. The first-order valence-electron chi connectivity index (χ1n) is 4.40. The largest absolute Gasteiger partial charge is 0.388 e. The second-order valence-electron chi connectivity index (χ2n) is 3.48. The van der Waals surface area contributed by atoms with Gasteiger partial charge in [0, 0.05) is 0 Å². The van der Waals surface area contributed by atoms with Gasteiger partial charge in [0.25, 0.3) is 5.91 Å². The fourth-order valence-corrected chi connectivity index (χ4v) is 1.41. The minimum Gasteiger partial charge on any atom is -0.388 e. The first kappa shape index (κ1) is 8.93. The molecule has 0 radical (unpaired) electrons. The van der Waals surface area contributed by atoms with Gasteiger partial charge in [0.05, 0.1) is 31.5 Å². The molecule has 13 heavy (non-hydrogen) atoms. The van der Waals surface area contributed by atoms with Gasteiger partial charge in [-0.15, -0.1) is 0 Å². The van der Waals surface area contributed by atoms with Crippen molar-refractivity contribution in [2.45, 2.75) is 31.3 Å². The second-order valence-corrected chi connectivity index (χ2v) is 3.48. The Morgan fingerprint density at radius 2 is 2.23 bits per heavy atom. The molecule has 4 atom stereocenters. The van der Waals surface area contributed by atoms with E-state index in [-0.39, 0.29) is 24.2 Å². The molecule has 2 aliphatic heterocycles. The predicted octanol–water partition coefficient (Wildman–Crippen LogP) is -1.35. The van der Waals surface area contributed by atoms with Gasteiger partial charge in [0.15, 0.2) is 6.10 Å². The van der Waals surface area contributed by atoms with Crippen molar-refractivity contribution >= 4 is 5.91 Å². The van der Waals surface area contributed by atoms with Crippen LogP contribution in [0.25, 0.3) is 0 Å². The fraction of sp³-hybridized carbons (Fsp3) is 0.875. The Balaban J connectivity index is 1.80. The topological polar surface area (TPSA) is 71.1 Å². The minimum absolute atomic E-state index is 0.0134. The molecule has 2 aliphatic rings. The SMILES string of the molecule is C[C@@H]1O[C@H]1C(=O)N[C@@H]1COC[C@H]1O. The molecule has 2 rings (SSSR count). The van der Waals surface area contributed by atoms with E-state index in [1.165, 1.54) is 0 Å². The monoisotopic (exact) mass is 187 g/mol. The van der Waals surface area contributed by atoms with Gasteiger partial charge < -0.3 is 19.9 Å². The number of ether oxygens (including phenoxy) is 2. The quantitative estimate of drug-likeness (QED) is 0.524. The standard InChI is InChI=1S/C8H13NO4/c1-4-7(13-4)8(11)9-5-2-12-3-6(5)10/h4-7,10H,2-3H2,1H3,(H,9,11)/t4-,5+,6+,7+/m0/s1. The lowest BCUT2D eigenvalue weighted by atomic mass is 10.2. The molecule has 0 aromatic rings. The maximum absolute atomic E-state index is 11.3. The Hall–Kier alpha value is -0.650. The van der Waals surface area contributed by atoms with Gasteiger partial charge in [0.1, 0.15) is 0 Å². The predicted molar refractivity (Wildman–Crippen MR) is 43.1 cm³/mol. The molecule has 0 unspecified atom stereocenters. The summed E-state index contributed by atoms with van der Waals surface area (Å²) < 4.78 is 9.98. The van der Waals surface area contributed by atoms with E-state index in [2.05, 4.69) is 5.32 Å². The molecule has 0 saturated carbocycles. The Morgan fingerprint density at radius 3 is 2.69 bits per heavy atom. The number of aliphatic hydroxyl groups excluding tert-OH is 1. The average Bonchev–Trinajstić information content (AvgIpc) is 2.68. The van der Waals surface area contributed by atoms with Crippen LogP contribution in [0.2, 0.25) is 0 Å². The van der Waals surface area contributed by atoms with Gasteiger partial charge in [-0.1, -0.05) is 0 Å². The van der Waals surface area contributed by atoms with E-state index in [1.807, 2.05) is 6.92 Å². The highest BCUT2D eigenvalue weighted by Gasteiger charge is 2.42. The molecule has 2 heterocycles. The number of carbonyl (C=O) groups is 1. The zero-order chi connectivity index (χ0) is 9.42. The second kappa shape index (κ2) is 3.25. The Kier molecular flexibility index (Phi) is 2.23. The summed E-state index contributed by atoms with van der Waals surface area (Å²) in [7, 11) is 0. The molecule has 0 bridgehead atoms. The van der Waals surface area contributed by atoms with Crippen LogP contribution in [0.3, 0.4) is 0 Å². The first-order chi connectivity index (χ1) is 6.18. The van der Waals surface area contributed by atoms with Gasteiger partial charge >= 0.3 is 0 Å². The number of nitrogens with one attached hydrogen (secondary N) is 1. The molecule has 0 spiro atoms. The molecular weight excluding hydrogens is 174 g/mol. The maximum atomic E-state index is 11.3. The number of epoxide rings is 1. The van der Waals surface area contributed by atoms with Crippen LogP contribution in [0.4, 0.5) is 0 Å². The molecule has 0 aliphatic carbocycles. The zero-order valence-electron chi connectivity index (χ0n) is 7.40. The third kappa shape index (κ3) is 1.82. The molecule has 1 amide bonds. The highest BCUT2D eigenvalue weighted by atomic mass is 16.6. The molecular formula is C8H13NO4. The summed E-state index contributed by atoms with van der Waals surface area (Å²) >= 11 is 0. The van der Waals surface area contributed by atoms with E-state index in [0.29, 0.717) is 13.2 Å². The summed E-state index contributed by atoms with van der Waals surface area (Å²) in [6.45, 7) is 2.52. The van der Waals surface area contributed by atoms with E-state index < -0.39 is 6.10 Å². The number of hydrogen-bond acceptors (Lipinski definition) is 4. The van der Waals surface area contributed by atoms with E-state index >= 15 is 0 Å². The lowest BCUT2D eigenvalue weighted by Crippen LogP contribution is -2.44. The van der Waals surface area contributed by atoms with Crippen LogP contribution < -0.4 is 5.32 Å². The van der Waals surface area contributed by atoms with Crippen molar-refractivity contribution in [2.75, 3.05) is 13.2 Å². The van der Waals surface area contributed by atoms with Gasteiger partial charge in [-0.25, -0.2) is 0 Å². The zero-order valence-corrected chi connectivity index (χ0v) is 7.40. The lowest BCUT2D eigenvalue weighted by Gasteiger charge is -2.13. The van der Waals surface area contributed by atoms with E-state index in [0.717, 1.165) is 0 Å². The average molecular weight is 187 g/mol. The van der Waals surface area contributed by atoms with Crippen molar-refractivity contribution in [1.29, 1.82) is 0 Å². The molecule has 5 nitrogen and oxygen atoms in total. The molecule has 2 N–H and O–H groups in total. The number of carbonyl (C=O) groups excluding carboxylic acids is 1. The summed E-state index contributed by atoms with van der Waals surface area (Å²) in [4.78, 5) is 11.3. The Labute approximate surface area is 76.0 Å². The van der Waals surface area contributed by atoms with Gasteiger partial charge in [-0.2, -0.15) is 0 Å².